The number of aromatic amines is 1. The maximum atomic E-state index is 13.0. The molecular formula is C28H24F3N5O3. The van der Waals surface area contributed by atoms with Gasteiger partial charge in [-0.25, -0.2) is 4.98 Å². The van der Waals surface area contributed by atoms with E-state index in [0.717, 1.165) is 12.8 Å². The van der Waals surface area contributed by atoms with E-state index in [0.29, 0.717) is 48.3 Å². The quantitative estimate of drug-likeness (QED) is 0.464. The summed E-state index contributed by atoms with van der Waals surface area (Å²) in [5, 5.41) is 11.7. The summed E-state index contributed by atoms with van der Waals surface area (Å²) in [4.78, 5) is 32.1. The fraction of sp³-hybridized carbons (Fsp3) is 0.286. The van der Waals surface area contributed by atoms with Gasteiger partial charge in [0.05, 0.1) is 30.1 Å². The van der Waals surface area contributed by atoms with Crippen LogP contribution in [0.2, 0.25) is 0 Å². The molecule has 0 radical (unpaired) electrons. The van der Waals surface area contributed by atoms with Crippen LogP contribution in [-0.2, 0) is 15.8 Å². The largest absolute Gasteiger partial charge is 0.491 e. The molecule has 0 saturated carbocycles. The normalized spacial score (nSPS) is 13.7. The molecule has 8 nitrogen and oxygen atoms in total. The van der Waals surface area contributed by atoms with Gasteiger partial charge in [-0.2, -0.15) is 18.4 Å². The van der Waals surface area contributed by atoms with Crippen molar-refractivity contribution in [1.82, 2.24) is 14.9 Å². The van der Waals surface area contributed by atoms with Gasteiger partial charge in [-0.15, -0.1) is 0 Å². The summed E-state index contributed by atoms with van der Waals surface area (Å²) in [7, 11) is 0. The number of aromatic nitrogens is 2. The molecule has 1 aliphatic heterocycles. The first-order chi connectivity index (χ1) is 18.6. The van der Waals surface area contributed by atoms with Crippen LogP contribution in [0.25, 0.3) is 11.4 Å². The number of carbonyl (C=O) groups excluding carboxylic acids is 2. The Morgan fingerprint density at radius 1 is 1.18 bits per heavy atom. The van der Waals surface area contributed by atoms with Crippen molar-refractivity contribution in [2.75, 3.05) is 25.0 Å². The molecule has 0 aliphatic carbocycles. The van der Waals surface area contributed by atoms with Gasteiger partial charge in [0.2, 0.25) is 5.91 Å². The van der Waals surface area contributed by atoms with Crippen LogP contribution in [0.3, 0.4) is 0 Å². The van der Waals surface area contributed by atoms with Gasteiger partial charge in [0, 0.05) is 37.1 Å². The predicted molar refractivity (Wildman–Crippen MR) is 136 cm³/mol. The van der Waals surface area contributed by atoms with E-state index in [9.17, 15) is 22.8 Å². The molecule has 2 aromatic carbocycles. The number of piperidine rings is 1. The molecule has 200 valence electrons. The Morgan fingerprint density at radius 2 is 1.92 bits per heavy atom. The van der Waals surface area contributed by atoms with E-state index in [2.05, 4.69) is 27.1 Å². The maximum Gasteiger partial charge on any atom is 0.432 e. The topological polar surface area (TPSA) is 111 Å². The minimum atomic E-state index is -4.58. The summed E-state index contributed by atoms with van der Waals surface area (Å²) in [6.45, 7) is 3.13. The highest BCUT2D eigenvalue weighted by Gasteiger charge is 2.33. The number of nitrogens with zero attached hydrogens (tertiary/aromatic N) is 3. The fourth-order valence-electron chi connectivity index (χ4n) is 4.08. The van der Waals surface area contributed by atoms with Crippen molar-refractivity contribution >= 4 is 17.5 Å². The minimum absolute atomic E-state index is 0.0274. The van der Waals surface area contributed by atoms with Crippen LogP contribution in [0, 0.1) is 29.1 Å². The van der Waals surface area contributed by atoms with Crippen molar-refractivity contribution in [3.63, 3.8) is 0 Å². The average Bonchev–Trinajstić information content (AvgIpc) is 3.43. The number of imidazole rings is 1. The van der Waals surface area contributed by atoms with Gasteiger partial charge in [0.25, 0.3) is 0 Å². The summed E-state index contributed by atoms with van der Waals surface area (Å²) in [5.74, 6) is 4.98. The SMILES string of the molecule is CC(=O)N1CCC(COc2ccc(-c3ncc(C(F)(F)F)[nH]3)cc2NC(=O)C#Cc2cccc(C#N)c2)CC1. The molecular weight excluding hydrogens is 511 g/mol. The zero-order valence-corrected chi connectivity index (χ0v) is 20.9. The van der Waals surface area contributed by atoms with Crippen molar-refractivity contribution in [2.45, 2.75) is 25.9 Å². The lowest BCUT2D eigenvalue weighted by atomic mass is 9.98. The van der Waals surface area contributed by atoms with Crippen molar-refractivity contribution in [3.05, 3.63) is 65.5 Å². The van der Waals surface area contributed by atoms with E-state index in [1.165, 1.54) is 13.0 Å². The first-order valence-electron chi connectivity index (χ1n) is 12.1. The number of alkyl halides is 3. The Bertz CT molecular complexity index is 1470. The molecule has 1 saturated heterocycles. The Hall–Kier alpha value is -4.77. The Kier molecular flexibility index (Phi) is 8.21. The van der Waals surface area contributed by atoms with Crippen LogP contribution < -0.4 is 10.1 Å². The molecule has 2 N–H and O–H groups in total. The number of nitrogens with one attached hydrogen (secondary N) is 2. The van der Waals surface area contributed by atoms with Crippen LogP contribution in [-0.4, -0.2) is 46.4 Å². The molecule has 11 heteroatoms. The Balaban J connectivity index is 1.54. The smallest absolute Gasteiger partial charge is 0.432 e. The highest BCUT2D eigenvalue weighted by atomic mass is 19.4. The number of anilines is 1. The number of halogens is 3. The van der Waals surface area contributed by atoms with Crippen molar-refractivity contribution in [1.29, 1.82) is 5.26 Å². The van der Waals surface area contributed by atoms with Crippen LogP contribution in [0.15, 0.2) is 48.7 Å². The number of benzene rings is 2. The van der Waals surface area contributed by atoms with E-state index in [1.807, 2.05) is 6.07 Å². The molecule has 0 spiro atoms. The second-order valence-electron chi connectivity index (χ2n) is 9.01. The fourth-order valence-corrected chi connectivity index (χ4v) is 4.08. The molecule has 0 bridgehead atoms. The Labute approximate surface area is 222 Å². The standard InChI is InChI=1S/C28H24F3N5O3/c1-18(37)36-11-9-20(10-12-36)17-39-24-7-6-22(27-33-16-25(35-27)28(29,30)31)14-23(24)34-26(38)8-5-19-3-2-4-21(13-19)15-32/h2-4,6-7,13-14,16,20H,9-12,17H2,1H3,(H,33,35)(H,34,38). The lowest BCUT2D eigenvalue weighted by Crippen LogP contribution is -2.38. The third-order valence-electron chi connectivity index (χ3n) is 6.23. The molecule has 39 heavy (non-hydrogen) atoms. The molecule has 2 amide bonds. The summed E-state index contributed by atoms with van der Waals surface area (Å²) in [6, 6.07) is 13.0. The lowest BCUT2D eigenvalue weighted by Gasteiger charge is -2.31. The van der Waals surface area contributed by atoms with E-state index in [-0.39, 0.29) is 23.3 Å². The highest BCUT2D eigenvalue weighted by molar-refractivity contribution is 6.05. The summed E-state index contributed by atoms with van der Waals surface area (Å²) >= 11 is 0. The minimum Gasteiger partial charge on any atom is -0.491 e. The molecule has 4 rings (SSSR count). The van der Waals surface area contributed by atoms with Gasteiger partial charge in [-0.3, -0.25) is 9.59 Å². The molecule has 3 aromatic rings. The van der Waals surface area contributed by atoms with E-state index in [1.54, 1.807) is 41.3 Å². The summed E-state index contributed by atoms with van der Waals surface area (Å²) in [6.07, 6.45) is -2.35. The van der Waals surface area contributed by atoms with Crippen molar-refractivity contribution in [3.8, 4) is 35.0 Å². The summed E-state index contributed by atoms with van der Waals surface area (Å²) in [5.41, 5.74) is 0.394. The van der Waals surface area contributed by atoms with Crippen molar-refractivity contribution in [2.24, 2.45) is 5.92 Å². The van der Waals surface area contributed by atoms with E-state index in [4.69, 9.17) is 10.00 Å². The second kappa shape index (κ2) is 11.7. The number of H-pyrrole nitrogens is 1. The van der Waals surface area contributed by atoms with Crippen LogP contribution >= 0.6 is 0 Å². The number of hydrogen-bond acceptors (Lipinski definition) is 5. The van der Waals surface area contributed by atoms with E-state index >= 15 is 0 Å². The third-order valence-corrected chi connectivity index (χ3v) is 6.23. The van der Waals surface area contributed by atoms with Gasteiger partial charge in [0.15, 0.2) is 0 Å². The molecule has 0 unspecified atom stereocenters. The van der Waals surface area contributed by atoms with Crippen LogP contribution in [0.1, 0.15) is 36.6 Å². The molecule has 1 aromatic heterocycles. The van der Waals surface area contributed by atoms with Gasteiger partial charge in [-0.1, -0.05) is 12.0 Å². The predicted octanol–water partition coefficient (Wildman–Crippen LogP) is 4.59. The molecule has 0 atom stereocenters. The number of hydrogen-bond donors (Lipinski definition) is 2. The van der Waals surface area contributed by atoms with Crippen molar-refractivity contribution < 1.29 is 27.5 Å². The molecule has 1 aliphatic rings. The highest BCUT2D eigenvalue weighted by Crippen LogP contribution is 2.33. The van der Waals surface area contributed by atoms with Gasteiger partial charge in [0.1, 0.15) is 17.3 Å². The number of rotatable bonds is 5. The third kappa shape index (κ3) is 7.17. The zero-order chi connectivity index (χ0) is 28.0. The zero-order valence-electron chi connectivity index (χ0n) is 20.9. The molecule has 2 heterocycles. The van der Waals surface area contributed by atoms with Crippen LogP contribution in [0.4, 0.5) is 18.9 Å². The average molecular weight is 536 g/mol. The number of ether oxygens (including phenoxy) is 1. The lowest BCUT2D eigenvalue weighted by molar-refractivity contribution is -0.140. The molecule has 1 fully saturated rings. The number of amides is 2. The first-order valence-corrected chi connectivity index (χ1v) is 12.1. The number of likely N-dealkylation sites (tertiary alicyclic amines) is 1. The Morgan fingerprint density at radius 3 is 2.59 bits per heavy atom. The number of carbonyl (C=O) groups is 2. The van der Waals surface area contributed by atoms with Crippen LogP contribution in [0.5, 0.6) is 5.75 Å². The first kappa shape index (κ1) is 27.3. The van der Waals surface area contributed by atoms with Gasteiger partial charge < -0.3 is 19.9 Å². The number of nitriles is 1. The van der Waals surface area contributed by atoms with Gasteiger partial charge >= 0.3 is 12.1 Å². The van der Waals surface area contributed by atoms with E-state index < -0.39 is 17.8 Å². The maximum absolute atomic E-state index is 13.0. The second-order valence-corrected chi connectivity index (χ2v) is 9.01. The van der Waals surface area contributed by atoms with Gasteiger partial charge in [-0.05, 0) is 55.2 Å². The summed E-state index contributed by atoms with van der Waals surface area (Å²) < 4.78 is 45.1. The monoisotopic (exact) mass is 535 g/mol.